The maximum absolute atomic E-state index is 12.0. The summed E-state index contributed by atoms with van der Waals surface area (Å²) in [6.07, 6.45) is 1.21. The van der Waals surface area contributed by atoms with Gasteiger partial charge in [-0.25, -0.2) is 4.79 Å². The molecule has 0 aliphatic carbocycles. The molecule has 1 rings (SSSR count). The average Bonchev–Trinajstić information content (AvgIpc) is 2.39. The second kappa shape index (κ2) is 7.05. The van der Waals surface area contributed by atoms with Crippen LogP contribution in [0.5, 0.6) is 0 Å². The molecule has 0 aliphatic rings. The first-order valence-corrected chi connectivity index (χ1v) is 6.71. The van der Waals surface area contributed by atoms with Gasteiger partial charge in [0.15, 0.2) is 5.78 Å². The van der Waals surface area contributed by atoms with Crippen molar-refractivity contribution >= 4 is 17.5 Å². The number of hydrogen-bond acceptors (Lipinski definition) is 3. The Kier molecular flexibility index (Phi) is 5.70. The first-order valence-electron chi connectivity index (χ1n) is 6.71. The number of aliphatic hydroxyl groups excluding tert-OH is 1. The third-order valence-electron chi connectivity index (χ3n) is 3.39. The zero-order valence-electron chi connectivity index (χ0n) is 12.2. The summed E-state index contributed by atoms with van der Waals surface area (Å²) in [5.41, 5.74) is 0.672. The van der Waals surface area contributed by atoms with Crippen LogP contribution in [0.3, 0.4) is 0 Å². The van der Waals surface area contributed by atoms with Crippen molar-refractivity contribution in [2.75, 3.05) is 11.9 Å². The molecule has 0 aliphatic heterocycles. The summed E-state index contributed by atoms with van der Waals surface area (Å²) in [7, 11) is 0. The van der Waals surface area contributed by atoms with Crippen molar-refractivity contribution in [2.24, 2.45) is 0 Å². The Morgan fingerprint density at radius 3 is 2.60 bits per heavy atom. The summed E-state index contributed by atoms with van der Waals surface area (Å²) in [6, 6.07) is 6.44. The van der Waals surface area contributed by atoms with Crippen molar-refractivity contribution in [3.05, 3.63) is 29.8 Å². The van der Waals surface area contributed by atoms with Gasteiger partial charge in [0.1, 0.15) is 0 Å². The topological polar surface area (TPSA) is 78.4 Å². The Hall–Kier alpha value is -1.88. The summed E-state index contributed by atoms with van der Waals surface area (Å²) in [6.45, 7) is 5.33. The maximum Gasteiger partial charge on any atom is 0.319 e. The van der Waals surface area contributed by atoms with Crippen LogP contribution in [0.2, 0.25) is 0 Å². The molecule has 1 aromatic carbocycles. The quantitative estimate of drug-likeness (QED) is 0.700. The van der Waals surface area contributed by atoms with E-state index in [4.69, 9.17) is 5.11 Å². The molecule has 0 saturated carbocycles. The molecule has 0 fully saturated rings. The van der Waals surface area contributed by atoms with E-state index in [-0.39, 0.29) is 18.4 Å². The molecule has 2 amide bonds. The molecule has 0 spiro atoms. The summed E-state index contributed by atoms with van der Waals surface area (Å²) < 4.78 is 0. The predicted molar refractivity (Wildman–Crippen MR) is 79.0 cm³/mol. The highest BCUT2D eigenvalue weighted by Gasteiger charge is 2.23. The summed E-state index contributed by atoms with van der Waals surface area (Å²) in [5.74, 6) is -0.0484. The van der Waals surface area contributed by atoms with Crippen LogP contribution < -0.4 is 10.6 Å². The first-order chi connectivity index (χ1) is 9.40. The normalized spacial score (nSPS) is 13.4. The molecule has 0 aromatic heterocycles. The lowest BCUT2D eigenvalue weighted by molar-refractivity contribution is 0.101. The fourth-order valence-corrected chi connectivity index (χ4v) is 1.83. The minimum atomic E-state index is -0.447. The summed E-state index contributed by atoms with van der Waals surface area (Å²) in [4.78, 5) is 23.2. The van der Waals surface area contributed by atoms with Gasteiger partial charge in [-0.15, -0.1) is 0 Å². The molecule has 110 valence electrons. The van der Waals surface area contributed by atoms with Crippen molar-refractivity contribution < 1.29 is 14.7 Å². The third-order valence-corrected chi connectivity index (χ3v) is 3.39. The number of carbonyl (C=O) groups excluding carboxylic acids is 2. The van der Waals surface area contributed by atoms with Gasteiger partial charge in [-0.2, -0.15) is 0 Å². The van der Waals surface area contributed by atoms with Gasteiger partial charge < -0.3 is 15.7 Å². The van der Waals surface area contributed by atoms with Gasteiger partial charge in [0.05, 0.1) is 0 Å². The van der Waals surface area contributed by atoms with E-state index in [1.54, 1.807) is 24.3 Å². The van der Waals surface area contributed by atoms with Crippen molar-refractivity contribution in [1.29, 1.82) is 0 Å². The van der Waals surface area contributed by atoms with E-state index in [0.29, 0.717) is 24.1 Å². The highest BCUT2D eigenvalue weighted by Crippen LogP contribution is 2.15. The Labute approximate surface area is 119 Å². The largest absolute Gasteiger partial charge is 0.396 e. The van der Waals surface area contributed by atoms with Gasteiger partial charge >= 0.3 is 6.03 Å². The number of urea groups is 1. The minimum absolute atomic E-state index is 0.0183. The number of anilines is 1. The highest BCUT2D eigenvalue weighted by molar-refractivity contribution is 5.96. The zero-order valence-corrected chi connectivity index (χ0v) is 12.2. The van der Waals surface area contributed by atoms with Gasteiger partial charge in [0.25, 0.3) is 0 Å². The van der Waals surface area contributed by atoms with Gasteiger partial charge in [0, 0.05) is 23.4 Å². The smallest absolute Gasteiger partial charge is 0.319 e. The van der Waals surface area contributed by atoms with Gasteiger partial charge in [0.2, 0.25) is 0 Å². The summed E-state index contributed by atoms with van der Waals surface area (Å²) >= 11 is 0. The number of ketones is 1. The lowest BCUT2D eigenvalue weighted by Crippen LogP contribution is -2.48. The highest BCUT2D eigenvalue weighted by atomic mass is 16.3. The standard InChI is InChI=1S/C15H22N2O3/c1-4-15(3,8-9-18)17-14(20)16-13-7-5-6-12(10-13)11(2)19/h5-7,10,18H,4,8-9H2,1-3H3,(H2,16,17,20). The lowest BCUT2D eigenvalue weighted by Gasteiger charge is -2.29. The van der Waals surface area contributed by atoms with E-state index in [1.807, 2.05) is 13.8 Å². The molecule has 0 bridgehead atoms. The number of aliphatic hydroxyl groups is 1. The number of rotatable bonds is 6. The second-order valence-corrected chi connectivity index (χ2v) is 5.10. The van der Waals surface area contributed by atoms with Crippen molar-refractivity contribution in [1.82, 2.24) is 5.32 Å². The van der Waals surface area contributed by atoms with Crippen LogP contribution in [0.4, 0.5) is 10.5 Å². The summed E-state index contributed by atoms with van der Waals surface area (Å²) in [5, 5.41) is 14.6. The van der Waals surface area contributed by atoms with E-state index >= 15 is 0 Å². The van der Waals surface area contributed by atoms with Crippen LogP contribution in [0.15, 0.2) is 24.3 Å². The molecule has 1 atom stereocenters. The molecule has 0 radical (unpaired) electrons. The lowest BCUT2D eigenvalue weighted by atomic mass is 9.95. The Bertz CT molecular complexity index is 488. The predicted octanol–water partition coefficient (Wildman–Crippen LogP) is 2.56. The molecule has 0 heterocycles. The van der Waals surface area contributed by atoms with Crippen molar-refractivity contribution in [3.63, 3.8) is 0 Å². The number of nitrogens with one attached hydrogen (secondary N) is 2. The average molecular weight is 278 g/mol. The molecule has 5 nitrogen and oxygen atoms in total. The monoisotopic (exact) mass is 278 g/mol. The number of carbonyl (C=O) groups is 2. The molecule has 20 heavy (non-hydrogen) atoms. The number of hydrogen-bond donors (Lipinski definition) is 3. The van der Waals surface area contributed by atoms with Crippen LogP contribution >= 0.6 is 0 Å². The molecular weight excluding hydrogens is 256 g/mol. The molecule has 5 heteroatoms. The van der Waals surface area contributed by atoms with Crippen LogP contribution in [-0.2, 0) is 0 Å². The van der Waals surface area contributed by atoms with Crippen molar-refractivity contribution in [3.8, 4) is 0 Å². The maximum atomic E-state index is 12.0. The van der Waals surface area contributed by atoms with Gasteiger partial charge in [-0.05, 0) is 38.8 Å². The van der Waals surface area contributed by atoms with Crippen LogP contribution in [0.1, 0.15) is 44.0 Å². The van der Waals surface area contributed by atoms with Crippen LogP contribution in [0, 0.1) is 0 Å². The fraction of sp³-hybridized carbons (Fsp3) is 0.467. The van der Waals surface area contributed by atoms with E-state index in [2.05, 4.69) is 10.6 Å². The SMILES string of the molecule is CCC(C)(CCO)NC(=O)Nc1cccc(C(C)=O)c1. The molecule has 0 saturated heterocycles. The van der Waals surface area contributed by atoms with E-state index in [0.717, 1.165) is 0 Å². The number of Topliss-reactive ketones (excluding diaryl/α,β-unsaturated/α-hetero) is 1. The number of amides is 2. The third kappa shape index (κ3) is 4.66. The molecular formula is C15H22N2O3. The van der Waals surface area contributed by atoms with Crippen molar-refractivity contribution in [2.45, 2.75) is 39.2 Å². The Morgan fingerprint density at radius 1 is 1.35 bits per heavy atom. The molecule has 1 aromatic rings. The van der Waals surface area contributed by atoms with Crippen LogP contribution in [0.25, 0.3) is 0 Å². The fourth-order valence-electron chi connectivity index (χ4n) is 1.83. The van der Waals surface area contributed by atoms with E-state index in [9.17, 15) is 9.59 Å². The molecule has 3 N–H and O–H groups in total. The second-order valence-electron chi connectivity index (χ2n) is 5.10. The van der Waals surface area contributed by atoms with Crippen LogP contribution in [-0.4, -0.2) is 29.1 Å². The Morgan fingerprint density at radius 2 is 2.05 bits per heavy atom. The first kappa shape index (κ1) is 16.2. The Balaban J connectivity index is 2.71. The molecule has 1 unspecified atom stereocenters. The number of benzene rings is 1. The zero-order chi connectivity index (χ0) is 15.2. The van der Waals surface area contributed by atoms with Gasteiger partial charge in [-0.3, -0.25) is 4.79 Å². The minimum Gasteiger partial charge on any atom is -0.396 e. The van der Waals surface area contributed by atoms with E-state index < -0.39 is 5.54 Å². The van der Waals surface area contributed by atoms with E-state index in [1.165, 1.54) is 6.92 Å². The van der Waals surface area contributed by atoms with Gasteiger partial charge in [-0.1, -0.05) is 19.1 Å².